The highest BCUT2D eigenvalue weighted by Crippen LogP contribution is 2.30. The Labute approximate surface area is 135 Å². The summed E-state index contributed by atoms with van der Waals surface area (Å²) in [7, 11) is 0. The van der Waals surface area contributed by atoms with E-state index in [1.165, 1.54) is 11.1 Å². The van der Waals surface area contributed by atoms with Crippen molar-refractivity contribution in [3.63, 3.8) is 0 Å². The lowest BCUT2D eigenvalue weighted by atomic mass is 10.2. The van der Waals surface area contributed by atoms with E-state index in [-0.39, 0.29) is 0 Å². The molecule has 1 heterocycles. The van der Waals surface area contributed by atoms with Crippen LogP contribution in [-0.4, -0.2) is 10.2 Å². The summed E-state index contributed by atoms with van der Waals surface area (Å²) in [6.45, 7) is 2.09. The highest BCUT2D eigenvalue weighted by Gasteiger charge is 2.11. The fourth-order valence-corrected chi connectivity index (χ4v) is 3.12. The molecule has 0 N–H and O–H groups in total. The summed E-state index contributed by atoms with van der Waals surface area (Å²) in [6.07, 6.45) is 0. The van der Waals surface area contributed by atoms with Crippen LogP contribution in [0.15, 0.2) is 62.6 Å². The largest absolute Gasteiger partial charge is 0.411 e. The fraction of sp³-hybridized carbons (Fsp3) is 0.125. The van der Waals surface area contributed by atoms with Crippen LogP contribution < -0.4 is 0 Å². The summed E-state index contributed by atoms with van der Waals surface area (Å²) in [5.41, 5.74) is 3.42. The van der Waals surface area contributed by atoms with Crippen LogP contribution in [0.25, 0.3) is 11.5 Å². The average molecular weight is 361 g/mol. The molecule has 0 spiro atoms. The maximum atomic E-state index is 5.71. The molecule has 3 nitrogen and oxygen atoms in total. The van der Waals surface area contributed by atoms with Crippen molar-refractivity contribution in [2.24, 2.45) is 0 Å². The van der Waals surface area contributed by atoms with E-state index in [0.717, 1.165) is 15.8 Å². The maximum absolute atomic E-state index is 5.71. The summed E-state index contributed by atoms with van der Waals surface area (Å²) >= 11 is 5.04. The van der Waals surface area contributed by atoms with Gasteiger partial charge in [0.2, 0.25) is 5.89 Å². The van der Waals surface area contributed by atoms with Crippen molar-refractivity contribution in [2.45, 2.75) is 17.9 Å². The Morgan fingerprint density at radius 2 is 1.95 bits per heavy atom. The molecule has 0 aliphatic rings. The average Bonchev–Trinajstić information content (AvgIpc) is 2.94. The zero-order chi connectivity index (χ0) is 14.7. The van der Waals surface area contributed by atoms with E-state index in [4.69, 9.17) is 4.42 Å². The molecule has 0 saturated carbocycles. The van der Waals surface area contributed by atoms with E-state index < -0.39 is 0 Å². The molecule has 5 heteroatoms. The van der Waals surface area contributed by atoms with E-state index in [2.05, 4.69) is 57.3 Å². The molecule has 0 radical (unpaired) electrons. The van der Waals surface area contributed by atoms with Crippen LogP contribution in [0.3, 0.4) is 0 Å². The summed E-state index contributed by atoms with van der Waals surface area (Å²) < 4.78 is 6.66. The Morgan fingerprint density at radius 3 is 2.76 bits per heavy atom. The molecule has 0 atom stereocenters. The van der Waals surface area contributed by atoms with Gasteiger partial charge < -0.3 is 4.42 Å². The monoisotopic (exact) mass is 360 g/mol. The smallest absolute Gasteiger partial charge is 0.277 e. The van der Waals surface area contributed by atoms with Gasteiger partial charge in [-0.25, -0.2) is 0 Å². The lowest BCUT2D eigenvalue weighted by Crippen LogP contribution is -1.81. The van der Waals surface area contributed by atoms with Crippen molar-refractivity contribution in [3.05, 3.63) is 64.1 Å². The van der Waals surface area contributed by atoms with E-state index in [0.29, 0.717) is 11.1 Å². The molecule has 106 valence electrons. The highest BCUT2D eigenvalue weighted by atomic mass is 79.9. The number of nitrogens with zero attached hydrogens (tertiary/aromatic N) is 2. The summed E-state index contributed by atoms with van der Waals surface area (Å²) in [5.74, 6) is 1.36. The first kappa shape index (κ1) is 14.4. The van der Waals surface area contributed by atoms with E-state index in [9.17, 15) is 0 Å². The Kier molecular flexibility index (Phi) is 4.41. The zero-order valence-corrected chi connectivity index (χ0v) is 13.8. The van der Waals surface area contributed by atoms with Gasteiger partial charge in [-0.15, -0.1) is 10.2 Å². The second kappa shape index (κ2) is 6.45. The van der Waals surface area contributed by atoms with Gasteiger partial charge in [-0.3, -0.25) is 0 Å². The topological polar surface area (TPSA) is 38.9 Å². The minimum atomic E-state index is 0.536. The minimum Gasteiger partial charge on any atom is -0.411 e. The molecule has 3 rings (SSSR count). The number of aromatic nitrogens is 2. The van der Waals surface area contributed by atoms with Crippen molar-refractivity contribution in [1.82, 2.24) is 10.2 Å². The van der Waals surface area contributed by atoms with E-state index in [1.54, 1.807) is 11.8 Å². The summed E-state index contributed by atoms with van der Waals surface area (Å²) in [6, 6.07) is 16.2. The maximum Gasteiger partial charge on any atom is 0.277 e. The Hall–Kier alpha value is -1.59. The van der Waals surface area contributed by atoms with Gasteiger partial charge in [0.05, 0.1) is 5.56 Å². The van der Waals surface area contributed by atoms with Gasteiger partial charge in [-0.1, -0.05) is 53.7 Å². The van der Waals surface area contributed by atoms with Crippen molar-refractivity contribution < 1.29 is 4.42 Å². The molecule has 0 saturated heterocycles. The number of benzene rings is 2. The normalized spacial score (nSPS) is 10.8. The molecule has 1 aromatic heterocycles. The third kappa shape index (κ3) is 3.54. The molecular weight excluding hydrogens is 348 g/mol. The predicted octanol–water partition coefficient (Wildman–Crippen LogP) is 5.10. The van der Waals surface area contributed by atoms with E-state index >= 15 is 0 Å². The van der Waals surface area contributed by atoms with Gasteiger partial charge in [-0.2, -0.15) is 0 Å². The minimum absolute atomic E-state index is 0.536. The molecule has 0 fully saturated rings. The highest BCUT2D eigenvalue weighted by molar-refractivity contribution is 9.10. The van der Waals surface area contributed by atoms with Crippen molar-refractivity contribution >= 4 is 27.7 Å². The van der Waals surface area contributed by atoms with Gasteiger partial charge in [0.25, 0.3) is 5.22 Å². The van der Waals surface area contributed by atoms with Crippen LogP contribution in [0.4, 0.5) is 0 Å². The predicted molar refractivity (Wildman–Crippen MR) is 88.2 cm³/mol. The number of rotatable bonds is 4. The van der Waals surface area contributed by atoms with Crippen LogP contribution in [0.2, 0.25) is 0 Å². The molecule has 2 aromatic carbocycles. The Morgan fingerprint density at radius 1 is 1.10 bits per heavy atom. The quantitative estimate of drug-likeness (QED) is 0.606. The van der Waals surface area contributed by atoms with Crippen LogP contribution in [-0.2, 0) is 5.75 Å². The number of aryl methyl sites for hydroxylation is 1. The zero-order valence-electron chi connectivity index (χ0n) is 11.4. The van der Waals surface area contributed by atoms with Crippen LogP contribution in [0.5, 0.6) is 0 Å². The fourth-order valence-electron chi connectivity index (χ4n) is 1.96. The van der Waals surface area contributed by atoms with Crippen LogP contribution >= 0.6 is 27.7 Å². The molecular formula is C16H13BrN2OS. The van der Waals surface area contributed by atoms with Crippen LogP contribution in [0, 0.1) is 6.92 Å². The SMILES string of the molecule is Cc1cccc(CSc2nnc(-c3ccccc3Br)o2)c1. The van der Waals surface area contributed by atoms with Gasteiger partial charge in [0.1, 0.15) is 0 Å². The molecule has 0 bridgehead atoms. The first-order valence-corrected chi connectivity index (χ1v) is 8.27. The van der Waals surface area contributed by atoms with Gasteiger partial charge in [-0.05, 0) is 40.5 Å². The van der Waals surface area contributed by atoms with Gasteiger partial charge >= 0.3 is 0 Å². The van der Waals surface area contributed by atoms with Crippen LogP contribution in [0.1, 0.15) is 11.1 Å². The Balaban J connectivity index is 1.72. The molecule has 0 aliphatic carbocycles. The second-order valence-electron chi connectivity index (χ2n) is 4.63. The summed E-state index contributed by atoms with van der Waals surface area (Å²) in [4.78, 5) is 0. The van der Waals surface area contributed by atoms with Crippen molar-refractivity contribution in [2.75, 3.05) is 0 Å². The number of hydrogen-bond acceptors (Lipinski definition) is 4. The first-order chi connectivity index (χ1) is 10.2. The number of thioether (sulfide) groups is 1. The second-order valence-corrected chi connectivity index (χ2v) is 6.41. The van der Waals surface area contributed by atoms with Crippen molar-refractivity contribution in [1.29, 1.82) is 0 Å². The molecule has 0 aliphatic heterocycles. The third-order valence-corrected chi connectivity index (χ3v) is 4.54. The molecule has 0 amide bonds. The lowest BCUT2D eigenvalue weighted by Gasteiger charge is -2.00. The molecule has 21 heavy (non-hydrogen) atoms. The van der Waals surface area contributed by atoms with Gasteiger partial charge in [0.15, 0.2) is 0 Å². The number of halogens is 1. The standard InChI is InChI=1S/C16H13BrN2OS/c1-11-5-4-6-12(9-11)10-21-16-19-18-15(20-16)13-7-2-3-8-14(13)17/h2-9H,10H2,1H3. The Bertz CT molecular complexity index is 757. The lowest BCUT2D eigenvalue weighted by molar-refractivity contribution is 0.465. The number of hydrogen-bond donors (Lipinski definition) is 0. The summed E-state index contributed by atoms with van der Waals surface area (Å²) in [5, 5.41) is 8.79. The van der Waals surface area contributed by atoms with E-state index in [1.807, 2.05) is 24.3 Å². The molecule has 0 unspecified atom stereocenters. The van der Waals surface area contributed by atoms with Crippen molar-refractivity contribution in [3.8, 4) is 11.5 Å². The van der Waals surface area contributed by atoms with Gasteiger partial charge in [0, 0.05) is 10.2 Å². The first-order valence-electron chi connectivity index (χ1n) is 6.49. The third-order valence-electron chi connectivity index (χ3n) is 2.96. The molecule has 3 aromatic rings.